The molecule has 2 aromatic rings. The summed E-state index contributed by atoms with van der Waals surface area (Å²) in [4.78, 5) is 8.68. The Hall–Kier alpha value is -0.878. The van der Waals surface area contributed by atoms with E-state index >= 15 is 0 Å². The van der Waals surface area contributed by atoms with Gasteiger partial charge in [0.1, 0.15) is 0 Å². The molecule has 2 aliphatic rings. The molecule has 1 fully saturated rings. The van der Waals surface area contributed by atoms with Gasteiger partial charge >= 0.3 is 176 Å². The monoisotopic (exact) mass is 667 g/mol. The number of hydrogen-bond donors (Lipinski definition) is 1. The second-order valence-corrected chi connectivity index (χ2v) is 11.5. The summed E-state index contributed by atoms with van der Waals surface area (Å²) in [6.45, 7) is 0.670. The first-order chi connectivity index (χ1) is 13.2. The molecule has 1 aromatic carbocycles. The van der Waals surface area contributed by atoms with Crippen LogP contribution < -0.4 is 11.0 Å². The van der Waals surface area contributed by atoms with Crippen LogP contribution in [0.4, 0.5) is 5.69 Å². The van der Waals surface area contributed by atoms with Gasteiger partial charge in [0.15, 0.2) is 0 Å². The number of ether oxygens (including phenoxy) is 1. The third-order valence-electron chi connectivity index (χ3n) is 4.93. The van der Waals surface area contributed by atoms with E-state index in [1.54, 1.807) is 12.5 Å². The van der Waals surface area contributed by atoms with Gasteiger partial charge < -0.3 is 5.11 Å². The first-order valence-electron chi connectivity index (χ1n) is 9.14. The van der Waals surface area contributed by atoms with Gasteiger partial charge in [-0.3, -0.25) is 0 Å². The molecule has 0 radical (unpaired) electrons. The quantitative estimate of drug-likeness (QED) is 0.303. The molecule has 1 saturated carbocycles. The average Bonchev–Trinajstić information content (AvgIpc) is 3.18. The van der Waals surface area contributed by atoms with Gasteiger partial charge in [-0.15, -0.1) is 0 Å². The number of nitrogens with zero attached hydrogens (tertiary/aromatic N) is 3. The Balaban J connectivity index is 1.49. The number of aromatic nitrogens is 2. The van der Waals surface area contributed by atoms with Crippen molar-refractivity contribution in [3.8, 4) is 5.75 Å². The fourth-order valence-corrected chi connectivity index (χ4v) is 7.98. The van der Waals surface area contributed by atoms with E-state index < -0.39 is 0 Å². The molecule has 0 bridgehead atoms. The van der Waals surface area contributed by atoms with Crippen LogP contribution in [0, 0.1) is 5.92 Å². The van der Waals surface area contributed by atoms with Gasteiger partial charge in [-0.05, 0) is 0 Å². The maximum absolute atomic E-state index is 9.67. The summed E-state index contributed by atoms with van der Waals surface area (Å²) < 4.78 is 12.3. The van der Waals surface area contributed by atoms with E-state index in [2.05, 4.69) is 47.6 Å². The first-order valence-corrected chi connectivity index (χ1v) is 13.6. The van der Waals surface area contributed by atoms with Crippen molar-refractivity contribution in [2.24, 2.45) is 5.92 Å². The molecule has 5 nitrogen and oxygen atoms in total. The minimum atomic E-state index is -0.227. The number of aliphatic hydroxyl groups is 1. The molecule has 0 saturated heterocycles. The average molecular weight is 667 g/mol. The van der Waals surface area contributed by atoms with E-state index in [0.717, 1.165) is 68.5 Å². The van der Waals surface area contributed by atoms with E-state index in [-0.39, 0.29) is 27.1 Å². The molecule has 1 aromatic heterocycles. The Morgan fingerprint density at radius 1 is 1.22 bits per heavy atom. The third-order valence-corrected chi connectivity index (χ3v) is 9.18. The third kappa shape index (κ3) is 4.76. The first kappa shape index (κ1) is 19.4. The van der Waals surface area contributed by atoms with Crippen LogP contribution in [0.15, 0.2) is 43.0 Å². The molecule has 4 rings (SSSR count). The predicted octanol–water partition coefficient (Wildman–Crippen LogP) is 2.75. The zero-order valence-electron chi connectivity index (χ0n) is 15.0. The van der Waals surface area contributed by atoms with E-state index in [4.69, 9.17) is 4.74 Å². The topological polar surface area (TPSA) is 58.5 Å². The molecule has 7 heteroatoms. The van der Waals surface area contributed by atoms with Gasteiger partial charge in [-0.25, -0.2) is 0 Å². The molecule has 1 aliphatic heterocycles. The summed E-state index contributed by atoms with van der Waals surface area (Å²) in [6, 6.07) is 8.65. The van der Waals surface area contributed by atoms with Crippen LogP contribution in [-0.2, 0) is 0 Å². The van der Waals surface area contributed by atoms with Gasteiger partial charge in [0, 0.05) is 0 Å². The van der Waals surface area contributed by atoms with E-state index in [9.17, 15) is 5.11 Å². The van der Waals surface area contributed by atoms with Crippen molar-refractivity contribution in [3.05, 3.63) is 48.7 Å². The second-order valence-electron chi connectivity index (χ2n) is 6.88. The van der Waals surface area contributed by atoms with Crippen molar-refractivity contribution in [1.82, 2.24) is 9.97 Å². The van der Waals surface area contributed by atoms with Crippen molar-refractivity contribution < 1.29 is 9.84 Å². The van der Waals surface area contributed by atoms with Crippen molar-refractivity contribution in [2.45, 2.75) is 31.8 Å². The van der Waals surface area contributed by atoms with Gasteiger partial charge in [0.25, 0.3) is 0 Å². The molecule has 1 N–H and O–H groups in total. The summed E-state index contributed by atoms with van der Waals surface area (Å²) in [5, 5.41) is 9.67. The fraction of sp³-hybridized carbons (Fsp3) is 0.350. The van der Waals surface area contributed by atoms with Gasteiger partial charge in [-0.1, -0.05) is 0 Å². The maximum atomic E-state index is 9.67. The molecular formula is C20H21IN3O2Tl. The number of benzene rings is 1. The van der Waals surface area contributed by atoms with Crippen LogP contribution in [0.3, 0.4) is 0 Å². The number of allylic oxidation sites excluding steroid dienone is 1. The second kappa shape index (κ2) is 9.08. The van der Waals surface area contributed by atoms with Gasteiger partial charge in [0.2, 0.25) is 0 Å². The predicted molar refractivity (Wildman–Crippen MR) is 118 cm³/mol. The zero-order valence-corrected chi connectivity index (χ0v) is 21.6. The van der Waals surface area contributed by atoms with E-state index in [0.29, 0.717) is 12.5 Å². The summed E-state index contributed by atoms with van der Waals surface area (Å²) in [5.41, 5.74) is 3.35. The summed E-state index contributed by atoms with van der Waals surface area (Å²) in [7, 11) is 0. The number of para-hydroxylation sites is 1. The summed E-state index contributed by atoms with van der Waals surface area (Å²) in [6.07, 6.45) is 9.26. The van der Waals surface area contributed by atoms with Crippen molar-refractivity contribution >= 4 is 65.2 Å². The molecule has 0 amide bonds. The SMILES string of the molecule is OC1CCC(COc2cncnc2C2=CN(c3cccc[c]3[Tl])I=C2)CC1. The summed E-state index contributed by atoms with van der Waals surface area (Å²) in [5.74, 6) is 1.27. The van der Waals surface area contributed by atoms with Crippen LogP contribution in [-0.4, -0.2) is 57.6 Å². The molecule has 1 aliphatic carbocycles. The van der Waals surface area contributed by atoms with E-state index in [1.807, 2.05) is 0 Å². The molecule has 0 atom stereocenters. The molecule has 0 unspecified atom stereocenters. The summed E-state index contributed by atoms with van der Waals surface area (Å²) >= 11 is 0.592. The zero-order chi connectivity index (χ0) is 18.6. The Morgan fingerprint density at radius 2 is 2.04 bits per heavy atom. The number of hydrogen-bond acceptors (Lipinski definition) is 5. The molecular weight excluding hydrogens is 646 g/mol. The fourth-order valence-electron chi connectivity index (χ4n) is 3.36. The van der Waals surface area contributed by atoms with E-state index in [1.165, 1.54) is 8.81 Å². The Labute approximate surface area is 185 Å². The van der Waals surface area contributed by atoms with Gasteiger partial charge in [0.05, 0.1) is 6.10 Å². The van der Waals surface area contributed by atoms with Crippen LogP contribution in [0.2, 0.25) is 0 Å². The number of rotatable bonds is 5. The normalized spacial score (nSPS) is 22.2. The standard InChI is InChI=1S/C20H21IN3O2.Tl/c25-18-8-6-15(7-9-18)13-26-19-11-22-14-23-20(19)16-10-21-24(12-16)17-4-2-1-3-5-17;/h1-4,10-12,14-15,18,25H,6-9,13H2;. The molecule has 2 heterocycles. The van der Waals surface area contributed by atoms with Crippen LogP contribution in [0.5, 0.6) is 5.75 Å². The van der Waals surface area contributed by atoms with Gasteiger partial charge in [-0.2, -0.15) is 0 Å². The Bertz CT molecular complexity index is 866. The Kier molecular flexibility index (Phi) is 6.54. The number of halogens is 1. The van der Waals surface area contributed by atoms with Crippen LogP contribution >= 0.6 is 21.0 Å². The number of aliphatic hydroxyl groups excluding tert-OH is 1. The van der Waals surface area contributed by atoms with Crippen LogP contribution in [0.1, 0.15) is 31.4 Å². The molecule has 138 valence electrons. The number of anilines is 1. The van der Waals surface area contributed by atoms with Crippen LogP contribution in [0.25, 0.3) is 5.57 Å². The van der Waals surface area contributed by atoms with Crippen molar-refractivity contribution in [2.75, 3.05) is 9.72 Å². The molecule has 0 spiro atoms. The molecule has 27 heavy (non-hydrogen) atoms. The Morgan fingerprint density at radius 3 is 2.85 bits per heavy atom. The minimum absolute atomic E-state index is 0.129. The van der Waals surface area contributed by atoms with Crippen molar-refractivity contribution in [1.29, 1.82) is 0 Å². The van der Waals surface area contributed by atoms with Crippen molar-refractivity contribution in [3.63, 3.8) is 0 Å².